The maximum atomic E-state index is 13.6. The number of anilines is 1. The fraction of sp³-hybridized carbons (Fsp3) is 0.217. The number of amides is 1. The van der Waals surface area contributed by atoms with Crippen LogP contribution >= 0.6 is 11.7 Å². The van der Waals surface area contributed by atoms with Crippen molar-refractivity contribution in [2.75, 3.05) is 31.1 Å². The standard InChI is InChI=1S/C23H22N6O3S2/c30-23(29-15-13-28(14-16-29)20-11-4-5-12-24-20)21(17-7-2-1-3-8-17)27-34(31,32)19-10-6-9-18-22(19)26-33-25-18/h1-12,21,27H,13-16H2/t21-/m1/s1. The number of pyridine rings is 1. The Hall–Kier alpha value is -3.41. The molecule has 0 spiro atoms. The van der Waals surface area contributed by atoms with Crippen LogP contribution in [-0.4, -0.2) is 59.1 Å². The van der Waals surface area contributed by atoms with Gasteiger partial charge >= 0.3 is 0 Å². The van der Waals surface area contributed by atoms with Gasteiger partial charge in [-0.1, -0.05) is 42.5 Å². The summed E-state index contributed by atoms with van der Waals surface area (Å²) in [4.78, 5) is 21.8. The van der Waals surface area contributed by atoms with E-state index < -0.39 is 16.1 Å². The highest BCUT2D eigenvalue weighted by Crippen LogP contribution is 2.25. The average molecular weight is 495 g/mol. The van der Waals surface area contributed by atoms with Crippen molar-refractivity contribution in [1.82, 2.24) is 23.4 Å². The van der Waals surface area contributed by atoms with Gasteiger partial charge in [0.2, 0.25) is 15.9 Å². The molecule has 34 heavy (non-hydrogen) atoms. The lowest BCUT2D eigenvalue weighted by Crippen LogP contribution is -2.52. The Kier molecular flexibility index (Phi) is 6.22. The molecule has 0 bridgehead atoms. The van der Waals surface area contributed by atoms with Crippen LogP contribution in [-0.2, 0) is 14.8 Å². The highest BCUT2D eigenvalue weighted by Gasteiger charge is 2.33. The number of sulfonamides is 1. The van der Waals surface area contributed by atoms with Gasteiger partial charge in [0.05, 0.1) is 11.7 Å². The summed E-state index contributed by atoms with van der Waals surface area (Å²) in [5.41, 5.74) is 1.37. The maximum Gasteiger partial charge on any atom is 0.245 e. The average Bonchev–Trinajstić information content (AvgIpc) is 3.37. The largest absolute Gasteiger partial charge is 0.353 e. The van der Waals surface area contributed by atoms with Crippen molar-refractivity contribution in [3.63, 3.8) is 0 Å². The van der Waals surface area contributed by atoms with Gasteiger partial charge in [-0.25, -0.2) is 13.4 Å². The van der Waals surface area contributed by atoms with E-state index in [1.54, 1.807) is 47.5 Å². The SMILES string of the molecule is O=C([C@H](NS(=O)(=O)c1cccc2nsnc12)c1ccccc1)N1CCN(c2ccccn2)CC1. The molecular weight excluding hydrogens is 472 g/mol. The molecule has 1 N–H and O–H groups in total. The van der Waals surface area contributed by atoms with Gasteiger partial charge in [0.15, 0.2) is 0 Å². The number of hydrogen-bond acceptors (Lipinski definition) is 8. The molecule has 1 amide bonds. The number of nitrogens with one attached hydrogen (secondary N) is 1. The van der Waals surface area contributed by atoms with Crippen LogP contribution in [0.2, 0.25) is 0 Å². The number of carbonyl (C=O) groups excluding carboxylic acids is 1. The van der Waals surface area contributed by atoms with E-state index in [9.17, 15) is 13.2 Å². The van der Waals surface area contributed by atoms with Crippen LogP contribution in [0.25, 0.3) is 11.0 Å². The predicted molar refractivity (Wildman–Crippen MR) is 130 cm³/mol. The number of nitrogens with zero attached hydrogens (tertiary/aromatic N) is 5. The Morgan fingerprint density at radius 3 is 2.41 bits per heavy atom. The second kappa shape index (κ2) is 9.45. The van der Waals surface area contributed by atoms with E-state index in [4.69, 9.17) is 0 Å². The molecule has 1 aliphatic heterocycles. The highest BCUT2D eigenvalue weighted by molar-refractivity contribution is 7.89. The maximum absolute atomic E-state index is 13.6. The number of hydrogen-bond donors (Lipinski definition) is 1. The Morgan fingerprint density at radius 1 is 0.912 bits per heavy atom. The molecule has 3 heterocycles. The first-order valence-corrected chi connectivity index (χ1v) is 13.0. The molecule has 0 saturated carbocycles. The van der Waals surface area contributed by atoms with E-state index in [2.05, 4.69) is 23.4 Å². The zero-order valence-electron chi connectivity index (χ0n) is 18.1. The number of benzene rings is 2. The molecule has 2 aromatic carbocycles. The van der Waals surface area contributed by atoms with Crippen molar-refractivity contribution in [2.24, 2.45) is 0 Å². The number of aromatic nitrogens is 3. The van der Waals surface area contributed by atoms with Crippen LogP contribution in [0.15, 0.2) is 77.8 Å². The van der Waals surface area contributed by atoms with Crippen LogP contribution in [0.3, 0.4) is 0 Å². The van der Waals surface area contributed by atoms with Gasteiger partial charge in [-0.15, -0.1) is 0 Å². The molecule has 0 unspecified atom stereocenters. The van der Waals surface area contributed by atoms with Crippen molar-refractivity contribution >= 4 is 44.5 Å². The monoisotopic (exact) mass is 494 g/mol. The first kappa shape index (κ1) is 22.4. The van der Waals surface area contributed by atoms with E-state index in [1.807, 2.05) is 24.3 Å². The van der Waals surface area contributed by atoms with Gasteiger partial charge in [-0.05, 0) is 29.8 Å². The third kappa shape index (κ3) is 4.49. The van der Waals surface area contributed by atoms with Crippen LogP contribution in [0, 0.1) is 0 Å². The third-order valence-corrected chi connectivity index (χ3v) is 7.75. The van der Waals surface area contributed by atoms with Crippen LogP contribution in [0.4, 0.5) is 5.82 Å². The Labute approximate surface area is 201 Å². The molecular formula is C23H22N6O3S2. The molecule has 2 aromatic heterocycles. The topological polar surface area (TPSA) is 108 Å². The lowest BCUT2D eigenvalue weighted by Gasteiger charge is -2.37. The second-order valence-corrected chi connectivity index (χ2v) is 10.1. The van der Waals surface area contributed by atoms with E-state index in [0.29, 0.717) is 42.8 Å². The van der Waals surface area contributed by atoms with Crippen LogP contribution in [0.5, 0.6) is 0 Å². The summed E-state index contributed by atoms with van der Waals surface area (Å²) in [6, 6.07) is 18.4. The lowest BCUT2D eigenvalue weighted by molar-refractivity contribution is -0.133. The summed E-state index contributed by atoms with van der Waals surface area (Å²) in [5, 5.41) is 0. The molecule has 0 aliphatic carbocycles. The molecule has 5 rings (SSSR count). The van der Waals surface area contributed by atoms with Gasteiger partial charge < -0.3 is 9.80 Å². The summed E-state index contributed by atoms with van der Waals surface area (Å²) >= 11 is 0.949. The second-order valence-electron chi connectivity index (χ2n) is 7.85. The Bertz CT molecular complexity index is 1390. The predicted octanol–water partition coefficient (Wildman–Crippen LogP) is 2.45. The first-order chi connectivity index (χ1) is 16.5. The van der Waals surface area contributed by atoms with Gasteiger partial charge in [0.25, 0.3) is 0 Å². The number of piperazine rings is 1. The van der Waals surface area contributed by atoms with Crippen molar-refractivity contribution in [1.29, 1.82) is 0 Å². The van der Waals surface area contributed by atoms with E-state index >= 15 is 0 Å². The van der Waals surface area contributed by atoms with Crippen LogP contribution in [0.1, 0.15) is 11.6 Å². The minimum absolute atomic E-state index is 0.00690. The van der Waals surface area contributed by atoms with Gasteiger partial charge in [0.1, 0.15) is 27.8 Å². The van der Waals surface area contributed by atoms with Gasteiger partial charge in [-0.3, -0.25) is 4.79 Å². The summed E-state index contributed by atoms with van der Waals surface area (Å²) in [6.07, 6.45) is 1.74. The first-order valence-electron chi connectivity index (χ1n) is 10.8. The molecule has 1 saturated heterocycles. The minimum Gasteiger partial charge on any atom is -0.353 e. The summed E-state index contributed by atoms with van der Waals surface area (Å²) in [5.74, 6) is 0.568. The summed E-state index contributed by atoms with van der Waals surface area (Å²) < 4.78 is 37.7. The number of carbonyl (C=O) groups is 1. The fourth-order valence-electron chi connectivity index (χ4n) is 4.00. The van der Waals surface area contributed by atoms with Crippen molar-refractivity contribution in [3.05, 3.63) is 78.5 Å². The third-order valence-electron chi connectivity index (χ3n) is 5.76. The Balaban J connectivity index is 1.40. The fourth-order valence-corrected chi connectivity index (χ4v) is 5.95. The molecule has 11 heteroatoms. The molecule has 0 radical (unpaired) electrons. The van der Waals surface area contributed by atoms with E-state index in [0.717, 1.165) is 17.5 Å². The van der Waals surface area contributed by atoms with Crippen LogP contribution < -0.4 is 9.62 Å². The normalized spacial score (nSPS) is 15.4. The molecule has 174 valence electrons. The molecule has 1 fully saturated rings. The van der Waals surface area contributed by atoms with E-state index in [-0.39, 0.29) is 10.8 Å². The van der Waals surface area contributed by atoms with Crippen molar-refractivity contribution in [2.45, 2.75) is 10.9 Å². The van der Waals surface area contributed by atoms with Crippen molar-refractivity contribution in [3.8, 4) is 0 Å². The quantitative estimate of drug-likeness (QED) is 0.439. The zero-order chi connectivity index (χ0) is 23.5. The van der Waals surface area contributed by atoms with Crippen molar-refractivity contribution < 1.29 is 13.2 Å². The summed E-state index contributed by atoms with van der Waals surface area (Å²) in [7, 11) is -4.06. The minimum atomic E-state index is -4.06. The number of fused-ring (bicyclic) bond motifs is 1. The molecule has 1 atom stereocenters. The van der Waals surface area contributed by atoms with E-state index in [1.165, 1.54) is 6.07 Å². The molecule has 9 nitrogen and oxygen atoms in total. The summed E-state index contributed by atoms with van der Waals surface area (Å²) in [6.45, 7) is 2.15. The smallest absolute Gasteiger partial charge is 0.245 e. The number of rotatable bonds is 6. The molecule has 1 aliphatic rings. The zero-order valence-corrected chi connectivity index (χ0v) is 19.7. The lowest BCUT2D eigenvalue weighted by atomic mass is 10.1. The van der Waals surface area contributed by atoms with Gasteiger partial charge in [-0.2, -0.15) is 13.5 Å². The van der Waals surface area contributed by atoms with Gasteiger partial charge in [0, 0.05) is 32.4 Å². The molecule has 4 aromatic rings. The Morgan fingerprint density at radius 2 is 1.68 bits per heavy atom. The highest BCUT2D eigenvalue weighted by atomic mass is 32.2.